The number of rotatable bonds is 1. The van der Waals surface area contributed by atoms with E-state index in [9.17, 15) is 9.59 Å². The summed E-state index contributed by atoms with van der Waals surface area (Å²) in [6.07, 6.45) is 2.25. The Kier molecular flexibility index (Phi) is 3.40. The van der Waals surface area contributed by atoms with Crippen LogP contribution in [0.4, 0.5) is 0 Å². The summed E-state index contributed by atoms with van der Waals surface area (Å²) in [6, 6.07) is 13.1. The zero-order chi connectivity index (χ0) is 18.5. The van der Waals surface area contributed by atoms with Crippen LogP contribution in [-0.4, -0.2) is 20.3 Å². The van der Waals surface area contributed by atoms with E-state index in [-0.39, 0.29) is 23.7 Å². The molecule has 1 aliphatic heterocycles. The predicted molar refractivity (Wildman–Crippen MR) is 103 cm³/mol. The molecule has 0 bridgehead atoms. The lowest BCUT2D eigenvalue weighted by Crippen LogP contribution is -2.22. The Morgan fingerprint density at radius 2 is 2.00 bits per heavy atom. The summed E-state index contributed by atoms with van der Waals surface area (Å²) in [4.78, 5) is 33.1. The fourth-order valence-corrected chi connectivity index (χ4v) is 3.91. The molecular weight excluding hydrogens is 340 g/mol. The smallest absolute Gasteiger partial charge is 0.221 e. The molecule has 1 aromatic carbocycles. The number of nitrogens with zero attached hydrogens (tertiary/aromatic N) is 2. The minimum atomic E-state index is -0.266. The highest BCUT2D eigenvalue weighted by Gasteiger charge is 2.29. The van der Waals surface area contributed by atoms with Crippen molar-refractivity contribution in [3.8, 4) is 0 Å². The summed E-state index contributed by atoms with van der Waals surface area (Å²) < 4.78 is 2.03. The number of para-hydroxylation sites is 1. The number of nitrogens with one attached hydrogen (secondary N) is 2. The largest absolute Gasteiger partial charge is 0.358 e. The van der Waals surface area contributed by atoms with E-state index in [4.69, 9.17) is 4.98 Å². The third-order valence-electron chi connectivity index (χ3n) is 5.20. The van der Waals surface area contributed by atoms with Crippen LogP contribution < -0.4 is 10.7 Å². The molecule has 2 N–H and O–H groups in total. The number of benzene rings is 1. The second kappa shape index (κ2) is 5.81. The van der Waals surface area contributed by atoms with Gasteiger partial charge in [0, 0.05) is 35.3 Å². The molecule has 6 heteroatoms. The van der Waals surface area contributed by atoms with Crippen molar-refractivity contribution < 1.29 is 4.79 Å². The van der Waals surface area contributed by atoms with Crippen molar-refractivity contribution in [3.05, 3.63) is 81.5 Å². The Labute approximate surface area is 154 Å². The van der Waals surface area contributed by atoms with E-state index >= 15 is 0 Å². The summed E-state index contributed by atoms with van der Waals surface area (Å²) in [5.41, 5.74) is 5.23. The van der Waals surface area contributed by atoms with Crippen molar-refractivity contribution in [2.75, 3.05) is 0 Å². The number of hydrogen-bond acceptors (Lipinski definition) is 3. The van der Waals surface area contributed by atoms with Gasteiger partial charge in [0.25, 0.3) is 0 Å². The van der Waals surface area contributed by atoms with Gasteiger partial charge in [0.1, 0.15) is 5.65 Å². The van der Waals surface area contributed by atoms with Crippen LogP contribution >= 0.6 is 0 Å². The third-order valence-corrected chi connectivity index (χ3v) is 5.20. The van der Waals surface area contributed by atoms with Crippen LogP contribution in [0.15, 0.2) is 53.5 Å². The normalized spacial score (nSPS) is 16.9. The highest BCUT2D eigenvalue weighted by atomic mass is 16.1. The molecule has 5 rings (SSSR count). The first kappa shape index (κ1) is 15.8. The quantitative estimate of drug-likeness (QED) is 0.549. The number of fused-ring (bicyclic) bond motifs is 4. The van der Waals surface area contributed by atoms with Crippen molar-refractivity contribution in [1.82, 2.24) is 19.7 Å². The van der Waals surface area contributed by atoms with Crippen LogP contribution in [0.1, 0.15) is 35.0 Å². The molecule has 0 fully saturated rings. The Balaban J connectivity index is 1.78. The van der Waals surface area contributed by atoms with E-state index < -0.39 is 0 Å². The first-order chi connectivity index (χ1) is 13.1. The lowest BCUT2D eigenvalue weighted by molar-refractivity contribution is -0.121. The number of hydrogen-bond donors (Lipinski definition) is 2. The van der Waals surface area contributed by atoms with E-state index in [0.717, 1.165) is 33.8 Å². The van der Waals surface area contributed by atoms with Crippen molar-refractivity contribution >= 4 is 22.5 Å². The maximum atomic E-state index is 12.6. The van der Waals surface area contributed by atoms with Gasteiger partial charge in [0.15, 0.2) is 5.43 Å². The molecule has 4 aromatic rings. The summed E-state index contributed by atoms with van der Waals surface area (Å²) in [5.74, 6) is -0.314. The Hall–Kier alpha value is -3.41. The molecule has 0 radical (unpaired) electrons. The maximum Gasteiger partial charge on any atom is 0.221 e. The number of carbonyl (C=O) groups is 1. The molecule has 1 amide bonds. The zero-order valence-corrected chi connectivity index (χ0v) is 14.8. The molecule has 27 heavy (non-hydrogen) atoms. The maximum absolute atomic E-state index is 12.6. The zero-order valence-electron chi connectivity index (χ0n) is 14.8. The fourth-order valence-electron chi connectivity index (χ4n) is 3.91. The van der Waals surface area contributed by atoms with Gasteiger partial charge in [-0.1, -0.05) is 12.1 Å². The van der Waals surface area contributed by atoms with E-state index in [1.165, 1.54) is 0 Å². The van der Waals surface area contributed by atoms with E-state index in [1.807, 2.05) is 47.9 Å². The topological polar surface area (TPSA) is 79.3 Å². The van der Waals surface area contributed by atoms with E-state index in [0.29, 0.717) is 11.9 Å². The van der Waals surface area contributed by atoms with Crippen LogP contribution in [0.25, 0.3) is 16.6 Å². The second-order valence-corrected chi connectivity index (χ2v) is 7.04. The number of aryl methyl sites for hydroxylation is 1. The Morgan fingerprint density at radius 1 is 1.15 bits per heavy atom. The number of carbonyl (C=O) groups excluding carboxylic acids is 1. The van der Waals surface area contributed by atoms with E-state index in [1.54, 1.807) is 12.1 Å². The van der Waals surface area contributed by atoms with Gasteiger partial charge in [0.2, 0.25) is 5.91 Å². The second-order valence-electron chi connectivity index (χ2n) is 7.04. The molecule has 1 aliphatic rings. The van der Waals surface area contributed by atoms with Crippen LogP contribution in [0.2, 0.25) is 0 Å². The molecule has 1 atom stereocenters. The number of pyridine rings is 2. The molecule has 134 valence electrons. The summed E-state index contributed by atoms with van der Waals surface area (Å²) in [5, 5.41) is 3.57. The van der Waals surface area contributed by atoms with Gasteiger partial charge >= 0.3 is 0 Å². The molecule has 0 aliphatic carbocycles. The van der Waals surface area contributed by atoms with Crippen LogP contribution in [0, 0.1) is 6.92 Å². The molecule has 0 saturated heterocycles. The first-order valence-electron chi connectivity index (χ1n) is 8.96. The predicted octanol–water partition coefficient (Wildman–Crippen LogP) is 2.64. The lowest BCUT2D eigenvalue weighted by Gasteiger charge is -2.16. The summed E-state index contributed by atoms with van der Waals surface area (Å²) >= 11 is 0. The highest BCUT2D eigenvalue weighted by molar-refractivity contribution is 5.80. The standard InChI is InChI=1S/C21H18N4O2/c1-12-6-7-25-19(8-12)24-17-11-22-20(27)9-14(21(17)25)16-10-18(26)13-4-2-3-5-15(13)23-16/h2-8,10,14H,9,11H2,1H3,(H,22,27)(H,23,26)/t14-/m1/s1. The van der Waals surface area contributed by atoms with Crippen molar-refractivity contribution in [2.24, 2.45) is 0 Å². The van der Waals surface area contributed by atoms with Crippen molar-refractivity contribution in [2.45, 2.75) is 25.8 Å². The Morgan fingerprint density at radius 3 is 2.89 bits per heavy atom. The third kappa shape index (κ3) is 2.52. The van der Waals surface area contributed by atoms with Gasteiger partial charge in [-0.05, 0) is 36.8 Å². The molecule has 6 nitrogen and oxygen atoms in total. The Bertz CT molecular complexity index is 1270. The van der Waals surface area contributed by atoms with Gasteiger partial charge in [-0.3, -0.25) is 9.59 Å². The van der Waals surface area contributed by atoms with Gasteiger partial charge < -0.3 is 14.7 Å². The van der Waals surface area contributed by atoms with Gasteiger partial charge in [-0.2, -0.15) is 0 Å². The van der Waals surface area contributed by atoms with Gasteiger partial charge in [-0.25, -0.2) is 4.98 Å². The number of amides is 1. The summed E-state index contributed by atoms with van der Waals surface area (Å²) in [6.45, 7) is 2.42. The molecule has 0 saturated carbocycles. The van der Waals surface area contributed by atoms with Crippen molar-refractivity contribution in [1.29, 1.82) is 0 Å². The number of aromatic amines is 1. The fraction of sp³-hybridized carbons (Fsp3) is 0.190. The minimum absolute atomic E-state index is 0.0461. The lowest BCUT2D eigenvalue weighted by atomic mass is 9.95. The monoisotopic (exact) mass is 358 g/mol. The number of imidazole rings is 1. The molecular formula is C21H18N4O2. The molecule has 0 unspecified atom stereocenters. The average Bonchev–Trinajstić information content (AvgIpc) is 2.93. The average molecular weight is 358 g/mol. The van der Waals surface area contributed by atoms with Crippen LogP contribution in [0.3, 0.4) is 0 Å². The highest BCUT2D eigenvalue weighted by Crippen LogP contribution is 2.32. The van der Waals surface area contributed by atoms with E-state index in [2.05, 4.69) is 10.3 Å². The minimum Gasteiger partial charge on any atom is -0.358 e. The molecule has 3 aromatic heterocycles. The number of H-pyrrole nitrogens is 1. The molecule has 4 heterocycles. The van der Waals surface area contributed by atoms with Gasteiger partial charge in [-0.15, -0.1) is 0 Å². The molecule has 0 spiro atoms. The first-order valence-corrected chi connectivity index (χ1v) is 8.96. The SMILES string of the molecule is Cc1ccn2c3c(nc2c1)CNC(=O)C[C@@H]3c1cc(=O)c2ccccc2[nH]1. The van der Waals surface area contributed by atoms with Crippen molar-refractivity contribution in [3.63, 3.8) is 0 Å². The summed E-state index contributed by atoms with van der Waals surface area (Å²) in [7, 11) is 0. The number of aromatic nitrogens is 3. The van der Waals surface area contributed by atoms with Gasteiger partial charge in [0.05, 0.1) is 23.9 Å². The van der Waals surface area contributed by atoms with Crippen LogP contribution in [-0.2, 0) is 11.3 Å². The van der Waals surface area contributed by atoms with Crippen LogP contribution in [0.5, 0.6) is 0 Å².